The summed E-state index contributed by atoms with van der Waals surface area (Å²) in [6, 6.07) is 0. The van der Waals surface area contributed by atoms with E-state index in [1.807, 2.05) is 0 Å². The van der Waals surface area contributed by atoms with Gasteiger partial charge < -0.3 is 0 Å². The summed E-state index contributed by atoms with van der Waals surface area (Å²) in [4.78, 5) is 0. The zero-order valence-electron chi connectivity index (χ0n) is 21.2. The Morgan fingerprint density at radius 2 is 0.633 bits per heavy atom. The molecule has 0 aliphatic rings. The lowest BCUT2D eigenvalue weighted by atomic mass is 10.0. The number of hydrogen-bond acceptors (Lipinski definition) is 0. The highest BCUT2D eigenvalue weighted by atomic mass is 14.0. The van der Waals surface area contributed by atoms with Crippen LogP contribution in [-0.4, -0.2) is 0 Å². The highest BCUT2D eigenvalue weighted by Crippen LogP contribution is 2.15. The molecule has 0 aliphatic carbocycles. The van der Waals surface area contributed by atoms with Gasteiger partial charge in [-0.15, -0.1) is 0 Å². The van der Waals surface area contributed by atoms with Crippen molar-refractivity contribution in [3.8, 4) is 0 Å². The third-order valence-electron chi connectivity index (χ3n) is 6.51. The van der Waals surface area contributed by atoms with E-state index in [-0.39, 0.29) is 0 Å². The molecular weight excluding hydrogens is 360 g/mol. The zero-order valence-corrected chi connectivity index (χ0v) is 21.2. The van der Waals surface area contributed by atoms with Crippen LogP contribution in [0.15, 0.2) is 12.2 Å². The molecule has 0 N–H and O–H groups in total. The Hall–Kier alpha value is -0.260. The van der Waals surface area contributed by atoms with Crippen molar-refractivity contribution in [2.75, 3.05) is 0 Å². The summed E-state index contributed by atoms with van der Waals surface area (Å²) in [5.41, 5.74) is 0. The van der Waals surface area contributed by atoms with Gasteiger partial charge in [-0.05, 0) is 25.7 Å². The van der Waals surface area contributed by atoms with Gasteiger partial charge >= 0.3 is 0 Å². The van der Waals surface area contributed by atoms with Gasteiger partial charge in [0.2, 0.25) is 0 Å². The fourth-order valence-electron chi connectivity index (χ4n) is 4.37. The van der Waals surface area contributed by atoms with E-state index in [4.69, 9.17) is 0 Å². The van der Waals surface area contributed by atoms with Gasteiger partial charge in [-0.2, -0.15) is 0 Å². The average molecular weight is 420 g/mol. The first kappa shape index (κ1) is 29.7. The lowest BCUT2D eigenvalue weighted by Gasteiger charge is -2.03. The Morgan fingerprint density at radius 1 is 0.367 bits per heavy atom. The van der Waals surface area contributed by atoms with Crippen molar-refractivity contribution in [2.24, 2.45) is 0 Å². The predicted molar refractivity (Wildman–Crippen MR) is 140 cm³/mol. The Labute approximate surface area is 193 Å². The van der Waals surface area contributed by atoms with Gasteiger partial charge in [0.25, 0.3) is 0 Å². The maximum Gasteiger partial charge on any atom is -0.0351 e. The molecule has 0 saturated heterocycles. The van der Waals surface area contributed by atoms with E-state index in [0.29, 0.717) is 0 Å². The van der Waals surface area contributed by atoms with E-state index < -0.39 is 0 Å². The predicted octanol–water partition coefficient (Wildman–Crippen LogP) is 11.5. The van der Waals surface area contributed by atoms with Crippen LogP contribution in [0.25, 0.3) is 0 Å². The fraction of sp³-hybridized carbons (Fsp3) is 0.900. The second kappa shape index (κ2) is 28.7. The molecule has 0 amide bonds. The van der Waals surface area contributed by atoms with Crippen molar-refractivity contribution >= 4 is 0 Å². The summed E-state index contributed by atoms with van der Waals surface area (Å²) in [6.07, 6.45) is 41.8. The van der Waals surface area contributed by atoms with Crippen LogP contribution in [0, 0.1) is 6.92 Å². The molecule has 1 radical (unpaired) electrons. The van der Waals surface area contributed by atoms with Crippen LogP contribution < -0.4 is 0 Å². The topological polar surface area (TPSA) is 0 Å². The van der Waals surface area contributed by atoms with Gasteiger partial charge in [-0.25, -0.2) is 0 Å². The minimum Gasteiger partial charge on any atom is -0.0885 e. The highest BCUT2D eigenvalue weighted by molar-refractivity contribution is 4.81. The SMILES string of the molecule is [CH2]CCCCCCC=CCCCCCCCCCCCCCCCCCCCCC. The Morgan fingerprint density at radius 3 is 0.933 bits per heavy atom. The van der Waals surface area contributed by atoms with Crippen LogP contribution in [0.1, 0.15) is 174 Å². The monoisotopic (exact) mass is 419 g/mol. The van der Waals surface area contributed by atoms with E-state index in [1.165, 1.54) is 161 Å². The lowest BCUT2D eigenvalue weighted by Crippen LogP contribution is -1.84. The molecule has 0 atom stereocenters. The summed E-state index contributed by atoms with van der Waals surface area (Å²) < 4.78 is 0. The van der Waals surface area contributed by atoms with Gasteiger partial charge in [0.1, 0.15) is 0 Å². The molecule has 0 aromatic carbocycles. The lowest BCUT2D eigenvalue weighted by molar-refractivity contribution is 0.523. The molecule has 0 saturated carbocycles. The van der Waals surface area contributed by atoms with Gasteiger partial charge in [0.05, 0.1) is 0 Å². The largest absolute Gasteiger partial charge is 0.0885 e. The Balaban J connectivity index is 3.03. The molecule has 179 valence electrons. The molecule has 0 nitrogen and oxygen atoms in total. The summed E-state index contributed by atoms with van der Waals surface area (Å²) in [7, 11) is 0. The molecule has 0 aromatic rings. The van der Waals surface area contributed by atoms with Crippen molar-refractivity contribution in [1.29, 1.82) is 0 Å². The van der Waals surface area contributed by atoms with E-state index in [2.05, 4.69) is 26.0 Å². The summed E-state index contributed by atoms with van der Waals surface area (Å²) in [6.45, 7) is 6.21. The Kier molecular flexibility index (Phi) is 28.5. The van der Waals surface area contributed by atoms with E-state index >= 15 is 0 Å². The van der Waals surface area contributed by atoms with Crippen LogP contribution in [-0.2, 0) is 0 Å². The standard InChI is InChI=1S/C30H59/c1-3-5-7-9-11-13-15-17-19-21-23-25-27-29-30-28-26-24-22-20-18-16-14-12-10-8-6-4-2/h15,17H,1,3-14,16,18-30H2,2H3. The van der Waals surface area contributed by atoms with Crippen LogP contribution in [0.3, 0.4) is 0 Å². The van der Waals surface area contributed by atoms with Crippen LogP contribution in [0.2, 0.25) is 0 Å². The van der Waals surface area contributed by atoms with Crippen molar-refractivity contribution < 1.29 is 0 Å². The second-order valence-corrected chi connectivity index (χ2v) is 9.68. The Bertz CT molecular complexity index is 303. The molecular formula is C30H59. The molecule has 0 bridgehead atoms. The molecule has 0 fully saturated rings. The minimum atomic E-state index is 1.11. The van der Waals surface area contributed by atoms with Crippen molar-refractivity contribution in [1.82, 2.24) is 0 Å². The van der Waals surface area contributed by atoms with Crippen molar-refractivity contribution in [3.63, 3.8) is 0 Å². The summed E-state index contributed by atoms with van der Waals surface area (Å²) >= 11 is 0. The van der Waals surface area contributed by atoms with E-state index in [0.717, 1.165) is 6.42 Å². The molecule has 0 spiro atoms. The molecule has 0 rings (SSSR count). The normalized spacial score (nSPS) is 11.7. The van der Waals surface area contributed by atoms with Gasteiger partial charge in [0.15, 0.2) is 0 Å². The smallest absolute Gasteiger partial charge is 0.0351 e. The highest BCUT2D eigenvalue weighted by Gasteiger charge is 1.95. The summed E-state index contributed by atoms with van der Waals surface area (Å²) in [5.74, 6) is 0. The first-order valence-electron chi connectivity index (χ1n) is 14.4. The molecule has 30 heavy (non-hydrogen) atoms. The van der Waals surface area contributed by atoms with Gasteiger partial charge in [-0.1, -0.05) is 167 Å². The van der Waals surface area contributed by atoms with Crippen LogP contribution in [0.4, 0.5) is 0 Å². The number of allylic oxidation sites excluding steroid dienone is 2. The maximum absolute atomic E-state index is 3.90. The van der Waals surface area contributed by atoms with Gasteiger partial charge in [0, 0.05) is 0 Å². The summed E-state index contributed by atoms with van der Waals surface area (Å²) in [5, 5.41) is 0. The maximum atomic E-state index is 3.90. The molecule has 0 heteroatoms. The quantitative estimate of drug-likeness (QED) is 0.0965. The minimum absolute atomic E-state index is 1.11. The van der Waals surface area contributed by atoms with E-state index in [1.54, 1.807) is 0 Å². The fourth-order valence-corrected chi connectivity index (χ4v) is 4.37. The first-order chi connectivity index (χ1) is 14.9. The van der Waals surface area contributed by atoms with Crippen LogP contribution >= 0.6 is 0 Å². The molecule has 0 aromatic heterocycles. The third-order valence-corrected chi connectivity index (χ3v) is 6.51. The number of hydrogen-bond donors (Lipinski definition) is 0. The average Bonchev–Trinajstić information content (AvgIpc) is 2.76. The molecule has 0 heterocycles. The first-order valence-corrected chi connectivity index (χ1v) is 14.4. The van der Waals surface area contributed by atoms with Crippen molar-refractivity contribution in [2.45, 2.75) is 174 Å². The number of unbranched alkanes of at least 4 members (excludes halogenated alkanes) is 24. The zero-order chi connectivity index (χ0) is 21.8. The molecule has 0 aliphatic heterocycles. The second-order valence-electron chi connectivity index (χ2n) is 9.68. The van der Waals surface area contributed by atoms with E-state index in [9.17, 15) is 0 Å². The van der Waals surface area contributed by atoms with Gasteiger partial charge in [-0.3, -0.25) is 0 Å². The van der Waals surface area contributed by atoms with Crippen LogP contribution in [0.5, 0.6) is 0 Å². The van der Waals surface area contributed by atoms with Crippen molar-refractivity contribution in [3.05, 3.63) is 19.1 Å². The number of rotatable bonds is 26. The molecule has 0 unspecified atom stereocenters. The third kappa shape index (κ3) is 27.7.